The van der Waals surface area contributed by atoms with Gasteiger partial charge in [-0.25, -0.2) is 24.4 Å². The van der Waals surface area contributed by atoms with Gasteiger partial charge in [-0.2, -0.15) is 13.2 Å². The van der Waals surface area contributed by atoms with Crippen molar-refractivity contribution in [1.82, 2.24) is 14.5 Å². The van der Waals surface area contributed by atoms with Gasteiger partial charge in [0.05, 0.1) is 6.61 Å². The van der Waals surface area contributed by atoms with Gasteiger partial charge in [0, 0.05) is 22.6 Å². The molecule has 4 nitrogen and oxygen atoms in total. The van der Waals surface area contributed by atoms with E-state index in [-0.39, 0.29) is 18.2 Å². The molecule has 0 unspecified atom stereocenters. The predicted molar refractivity (Wildman–Crippen MR) is 94.3 cm³/mol. The lowest BCUT2D eigenvalue weighted by molar-refractivity contribution is -0.141. The van der Waals surface area contributed by atoms with Crippen LogP contribution in [0.3, 0.4) is 0 Å². The molecular weight excluding hydrogens is 426 g/mol. The van der Waals surface area contributed by atoms with E-state index in [2.05, 4.69) is 44.7 Å². The standard InChI is InChI=1S/C15H18BrF4N3OS/c1-25(2,3)5-4-24-9-23-8-12(15(18,19)20)22-14(23)13-11(17)6-10(16)7-21-13/h6-8H,4-5,9H2,1-3H3. The van der Waals surface area contributed by atoms with Crippen LogP contribution in [0.2, 0.25) is 0 Å². The topological polar surface area (TPSA) is 39.9 Å². The van der Waals surface area contributed by atoms with Gasteiger partial charge in [0.25, 0.3) is 0 Å². The van der Waals surface area contributed by atoms with Gasteiger partial charge in [-0.3, -0.25) is 0 Å². The highest BCUT2D eigenvalue weighted by molar-refractivity contribution is 9.10. The first-order chi connectivity index (χ1) is 11.5. The molecule has 2 rings (SSSR count). The van der Waals surface area contributed by atoms with Crippen LogP contribution in [0.5, 0.6) is 0 Å². The zero-order chi connectivity index (χ0) is 18.8. The van der Waals surface area contributed by atoms with Crippen LogP contribution < -0.4 is 0 Å². The van der Waals surface area contributed by atoms with Crippen molar-refractivity contribution in [2.75, 3.05) is 31.1 Å². The number of aromatic nitrogens is 3. The molecule has 0 aliphatic carbocycles. The lowest BCUT2D eigenvalue weighted by Crippen LogP contribution is -2.11. The predicted octanol–water partition coefficient (Wildman–Crippen LogP) is 4.53. The molecule has 0 bridgehead atoms. The summed E-state index contributed by atoms with van der Waals surface area (Å²) in [5, 5.41) is 0. The number of imidazole rings is 1. The number of ether oxygens (including phenoxy) is 1. The molecule has 0 atom stereocenters. The Morgan fingerprint density at radius 1 is 1.28 bits per heavy atom. The second-order valence-electron chi connectivity index (χ2n) is 6.23. The number of halogens is 5. The van der Waals surface area contributed by atoms with Gasteiger partial charge in [-0.05, 0) is 40.8 Å². The van der Waals surface area contributed by atoms with E-state index in [0.29, 0.717) is 11.1 Å². The Kier molecular flexibility index (Phi) is 6.16. The summed E-state index contributed by atoms with van der Waals surface area (Å²) in [6.45, 7) is 0.235. The highest BCUT2D eigenvalue weighted by Gasteiger charge is 2.35. The molecule has 2 aromatic rings. The maximum absolute atomic E-state index is 14.1. The highest BCUT2D eigenvalue weighted by Crippen LogP contribution is 2.34. The third-order valence-electron chi connectivity index (χ3n) is 3.16. The van der Waals surface area contributed by atoms with Crippen LogP contribution in [0.1, 0.15) is 5.69 Å². The summed E-state index contributed by atoms with van der Waals surface area (Å²) in [6.07, 6.45) is 3.81. The monoisotopic (exact) mass is 443 g/mol. The smallest absolute Gasteiger partial charge is 0.360 e. The molecule has 0 aromatic carbocycles. The normalized spacial score (nSPS) is 13.3. The van der Waals surface area contributed by atoms with Crippen LogP contribution in [-0.4, -0.2) is 45.7 Å². The third-order valence-corrected chi connectivity index (χ3v) is 4.98. The molecule has 0 aliphatic rings. The van der Waals surface area contributed by atoms with Crippen molar-refractivity contribution in [1.29, 1.82) is 0 Å². The zero-order valence-electron chi connectivity index (χ0n) is 13.9. The third kappa shape index (κ3) is 5.68. The lowest BCUT2D eigenvalue weighted by atomic mass is 10.3. The Morgan fingerprint density at radius 3 is 2.52 bits per heavy atom. The maximum Gasteiger partial charge on any atom is 0.434 e. The number of alkyl halides is 3. The first-order valence-corrected chi connectivity index (χ1v) is 11.0. The fourth-order valence-electron chi connectivity index (χ4n) is 1.89. The molecule has 0 fully saturated rings. The quantitative estimate of drug-likeness (QED) is 0.486. The number of hydrogen-bond acceptors (Lipinski definition) is 3. The number of nitrogens with zero attached hydrogens (tertiary/aromatic N) is 3. The van der Waals surface area contributed by atoms with Gasteiger partial charge in [0.1, 0.15) is 12.4 Å². The van der Waals surface area contributed by atoms with Crippen molar-refractivity contribution in [3.8, 4) is 11.5 Å². The summed E-state index contributed by atoms with van der Waals surface area (Å²) in [6, 6.07) is 1.12. The average molecular weight is 444 g/mol. The van der Waals surface area contributed by atoms with Gasteiger partial charge in [0.2, 0.25) is 0 Å². The number of pyridine rings is 1. The molecule has 10 heteroatoms. The Morgan fingerprint density at radius 2 is 1.96 bits per heavy atom. The molecule has 140 valence electrons. The van der Waals surface area contributed by atoms with Crippen LogP contribution >= 0.6 is 26.0 Å². The fourth-order valence-corrected chi connectivity index (χ4v) is 2.81. The molecule has 0 radical (unpaired) electrons. The highest BCUT2D eigenvalue weighted by atomic mass is 79.9. The largest absolute Gasteiger partial charge is 0.434 e. The molecular formula is C15H18BrF4N3OS. The average Bonchev–Trinajstić information content (AvgIpc) is 2.86. The Hall–Kier alpha value is -1.13. The summed E-state index contributed by atoms with van der Waals surface area (Å²) in [5.74, 6) is -0.178. The molecule has 0 spiro atoms. The van der Waals surface area contributed by atoms with Gasteiger partial charge < -0.3 is 9.30 Å². The van der Waals surface area contributed by atoms with Crippen molar-refractivity contribution in [3.63, 3.8) is 0 Å². The first-order valence-electron chi connectivity index (χ1n) is 7.17. The second-order valence-corrected chi connectivity index (χ2v) is 11.7. The summed E-state index contributed by atoms with van der Waals surface area (Å²) in [7, 11) is -0.778. The van der Waals surface area contributed by atoms with Crippen molar-refractivity contribution >= 4 is 26.0 Å². The summed E-state index contributed by atoms with van der Waals surface area (Å²) in [4.78, 5) is 7.36. The van der Waals surface area contributed by atoms with E-state index in [9.17, 15) is 17.6 Å². The molecule has 0 saturated carbocycles. The lowest BCUT2D eigenvalue weighted by Gasteiger charge is -2.24. The molecule has 25 heavy (non-hydrogen) atoms. The molecule has 2 aromatic heterocycles. The molecule has 0 N–H and O–H groups in total. The van der Waals surface area contributed by atoms with E-state index in [0.717, 1.165) is 22.6 Å². The molecule has 2 heterocycles. The van der Waals surface area contributed by atoms with E-state index in [1.165, 1.54) is 6.20 Å². The summed E-state index contributed by atoms with van der Waals surface area (Å²) < 4.78 is 60.0. The molecule has 0 saturated heterocycles. The van der Waals surface area contributed by atoms with Gasteiger partial charge in [-0.15, -0.1) is 0 Å². The van der Waals surface area contributed by atoms with Crippen LogP contribution in [0.4, 0.5) is 17.6 Å². The fraction of sp³-hybridized carbons (Fsp3) is 0.467. The number of hydrogen-bond donors (Lipinski definition) is 0. The summed E-state index contributed by atoms with van der Waals surface area (Å²) in [5.41, 5.74) is -1.37. The number of rotatable bonds is 6. The van der Waals surface area contributed by atoms with Crippen LogP contribution in [-0.2, 0) is 17.6 Å². The van der Waals surface area contributed by atoms with Crippen LogP contribution in [0.25, 0.3) is 11.5 Å². The van der Waals surface area contributed by atoms with Crippen molar-refractivity contribution in [3.05, 3.63) is 34.4 Å². The van der Waals surface area contributed by atoms with E-state index >= 15 is 0 Å². The Balaban J connectivity index is 2.29. The minimum atomic E-state index is -4.64. The van der Waals surface area contributed by atoms with Crippen molar-refractivity contribution in [2.24, 2.45) is 0 Å². The zero-order valence-corrected chi connectivity index (χ0v) is 16.3. The molecule has 0 amide bonds. The van der Waals surface area contributed by atoms with Gasteiger partial charge >= 0.3 is 6.18 Å². The SMILES string of the molecule is CS(C)(C)CCOCn1cc(C(F)(F)F)nc1-c1ncc(Br)cc1F. The van der Waals surface area contributed by atoms with Crippen molar-refractivity contribution in [2.45, 2.75) is 12.9 Å². The van der Waals surface area contributed by atoms with E-state index < -0.39 is 27.7 Å². The first kappa shape index (κ1) is 20.2. The Labute approximate surface area is 153 Å². The Bertz CT molecular complexity index is 743. The van der Waals surface area contributed by atoms with Gasteiger partial charge in [0.15, 0.2) is 17.3 Å². The van der Waals surface area contributed by atoms with Gasteiger partial charge in [-0.1, -0.05) is 0 Å². The van der Waals surface area contributed by atoms with E-state index in [4.69, 9.17) is 4.74 Å². The minimum absolute atomic E-state index is 0.162. The van der Waals surface area contributed by atoms with E-state index in [1.807, 2.05) is 0 Å². The van der Waals surface area contributed by atoms with E-state index in [1.54, 1.807) is 0 Å². The van der Waals surface area contributed by atoms with Crippen LogP contribution in [0.15, 0.2) is 22.9 Å². The minimum Gasteiger partial charge on any atom is -0.360 e. The molecule has 0 aliphatic heterocycles. The van der Waals surface area contributed by atoms with Crippen LogP contribution in [0, 0.1) is 5.82 Å². The summed E-state index contributed by atoms with van der Waals surface area (Å²) >= 11 is 3.06. The maximum atomic E-state index is 14.1. The second kappa shape index (κ2) is 7.63. The van der Waals surface area contributed by atoms with Crippen molar-refractivity contribution < 1.29 is 22.3 Å².